The Morgan fingerprint density at radius 2 is 2.24 bits per heavy atom. The van der Waals surface area contributed by atoms with E-state index in [0.717, 1.165) is 32.2 Å². The molecule has 100 valence electrons. The molecule has 0 saturated carbocycles. The first-order valence-corrected chi connectivity index (χ1v) is 7.22. The maximum absolute atomic E-state index is 12.2. The molecule has 0 aromatic carbocycles. The monoisotopic (exact) mass is 240 g/mol. The molecule has 3 atom stereocenters. The van der Waals surface area contributed by atoms with Crippen molar-refractivity contribution in [3.05, 3.63) is 0 Å². The van der Waals surface area contributed by atoms with Crippen LogP contribution in [0.25, 0.3) is 0 Å². The van der Waals surface area contributed by atoms with Gasteiger partial charge >= 0.3 is 0 Å². The lowest BCUT2D eigenvalue weighted by atomic mass is 9.95. The van der Waals surface area contributed by atoms with E-state index in [0.29, 0.717) is 12.1 Å². The molecular formula is C14H28N2O. The summed E-state index contributed by atoms with van der Waals surface area (Å²) in [6, 6.07) is 0.739. The van der Waals surface area contributed by atoms with E-state index in [-0.39, 0.29) is 11.8 Å². The fourth-order valence-electron chi connectivity index (χ4n) is 2.51. The maximum atomic E-state index is 12.2. The summed E-state index contributed by atoms with van der Waals surface area (Å²) in [5, 5.41) is 6.65. The number of hydrogen-bond donors (Lipinski definition) is 2. The topological polar surface area (TPSA) is 41.1 Å². The second-order valence-corrected chi connectivity index (χ2v) is 5.25. The van der Waals surface area contributed by atoms with Crippen LogP contribution in [0.15, 0.2) is 0 Å². The zero-order valence-corrected chi connectivity index (χ0v) is 11.6. The van der Waals surface area contributed by atoms with Crippen molar-refractivity contribution in [3.8, 4) is 0 Å². The first-order chi connectivity index (χ1) is 8.19. The van der Waals surface area contributed by atoms with Gasteiger partial charge in [-0.3, -0.25) is 4.79 Å². The number of hydrogen-bond acceptors (Lipinski definition) is 2. The van der Waals surface area contributed by atoms with Gasteiger partial charge in [0.05, 0.1) is 0 Å². The van der Waals surface area contributed by atoms with Crippen LogP contribution in [0.3, 0.4) is 0 Å². The van der Waals surface area contributed by atoms with Crippen molar-refractivity contribution in [2.45, 2.75) is 71.4 Å². The van der Waals surface area contributed by atoms with Crippen molar-refractivity contribution in [2.75, 3.05) is 6.54 Å². The van der Waals surface area contributed by atoms with Gasteiger partial charge in [0, 0.05) is 18.0 Å². The quantitative estimate of drug-likeness (QED) is 0.749. The summed E-state index contributed by atoms with van der Waals surface area (Å²) in [5.41, 5.74) is 0. The van der Waals surface area contributed by atoms with Crippen LogP contribution in [0.1, 0.15) is 59.3 Å². The molecule has 0 radical (unpaired) electrons. The van der Waals surface area contributed by atoms with Gasteiger partial charge in [0.25, 0.3) is 0 Å². The number of carbonyl (C=O) groups excluding carboxylic acids is 1. The highest BCUT2D eigenvalue weighted by Gasteiger charge is 2.25. The van der Waals surface area contributed by atoms with Gasteiger partial charge in [-0.05, 0) is 39.2 Å². The third kappa shape index (κ3) is 4.66. The van der Waals surface area contributed by atoms with Crippen LogP contribution in [0.2, 0.25) is 0 Å². The molecule has 1 rings (SSSR count). The number of rotatable bonds is 6. The Bertz CT molecular complexity index is 230. The van der Waals surface area contributed by atoms with Crippen molar-refractivity contribution in [1.29, 1.82) is 0 Å². The average Bonchev–Trinajstić information content (AvgIpc) is 2.33. The number of piperidine rings is 1. The van der Waals surface area contributed by atoms with Gasteiger partial charge in [-0.25, -0.2) is 0 Å². The van der Waals surface area contributed by atoms with E-state index < -0.39 is 0 Å². The van der Waals surface area contributed by atoms with Crippen LogP contribution >= 0.6 is 0 Å². The first kappa shape index (κ1) is 14.5. The molecule has 1 saturated heterocycles. The van der Waals surface area contributed by atoms with Crippen molar-refractivity contribution in [1.82, 2.24) is 10.6 Å². The minimum absolute atomic E-state index is 0.212. The fraction of sp³-hybridized carbons (Fsp3) is 0.929. The van der Waals surface area contributed by atoms with Gasteiger partial charge in [0.15, 0.2) is 0 Å². The summed E-state index contributed by atoms with van der Waals surface area (Å²) in [4.78, 5) is 12.2. The molecule has 3 unspecified atom stereocenters. The molecular weight excluding hydrogens is 212 g/mol. The third-order valence-corrected chi connectivity index (χ3v) is 3.86. The Morgan fingerprint density at radius 1 is 1.47 bits per heavy atom. The zero-order chi connectivity index (χ0) is 12.7. The standard InChI is InChI=1S/C14H28N2O/c1-4-6-8-12(5-2)14(17)16-13-9-7-10-15-11(13)3/h11-13,15H,4-10H2,1-3H3,(H,16,17). The van der Waals surface area contributed by atoms with E-state index in [9.17, 15) is 4.79 Å². The SMILES string of the molecule is CCCCC(CC)C(=O)NC1CCCNC1C. The van der Waals surface area contributed by atoms with Crippen molar-refractivity contribution >= 4 is 5.91 Å². The Kier molecular flexibility index (Phi) is 6.56. The number of nitrogens with one attached hydrogen (secondary N) is 2. The lowest BCUT2D eigenvalue weighted by Gasteiger charge is -2.31. The molecule has 3 heteroatoms. The molecule has 1 aliphatic rings. The molecule has 0 spiro atoms. The van der Waals surface area contributed by atoms with Gasteiger partial charge in [-0.2, -0.15) is 0 Å². The van der Waals surface area contributed by atoms with Gasteiger partial charge in [0.2, 0.25) is 5.91 Å². The minimum Gasteiger partial charge on any atom is -0.352 e. The fourth-order valence-corrected chi connectivity index (χ4v) is 2.51. The van der Waals surface area contributed by atoms with Crippen LogP contribution < -0.4 is 10.6 Å². The molecule has 1 amide bonds. The lowest BCUT2D eigenvalue weighted by molar-refractivity contribution is -0.126. The molecule has 17 heavy (non-hydrogen) atoms. The van der Waals surface area contributed by atoms with Gasteiger partial charge in [0.1, 0.15) is 0 Å². The van der Waals surface area contributed by atoms with E-state index in [1.807, 2.05) is 0 Å². The van der Waals surface area contributed by atoms with Gasteiger partial charge in [-0.15, -0.1) is 0 Å². The Balaban J connectivity index is 2.39. The summed E-state index contributed by atoms with van der Waals surface area (Å²) >= 11 is 0. The predicted molar refractivity (Wildman–Crippen MR) is 71.9 cm³/mol. The van der Waals surface area contributed by atoms with Crippen LogP contribution in [0, 0.1) is 5.92 Å². The molecule has 0 bridgehead atoms. The highest BCUT2D eigenvalue weighted by Crippen LogP contribution is 2.15. The van der Waals surface area contributed by atoms with Crippen molar-refractivity contribution in [3.63, 3.8) is 0 Å². The Hall–Kier alpha value is -0.570. The minimum atomic E-state index is 0.212. The molecule has 2 N–H and O–H groups in total. The highest BCUT2D eigenvalue weighted by molar-refractivity contribution is 5.78. The second-order valence-electron chi connectivity index (χ2n) is 5.25. The smallest absolute Gasteiger partial charge is 0.223 e. The third-order valence-electron chi connectivity index (χ3n) is 3.86. The van der Waals surface area contributed by atoms with Crippen LogP contribution in [-0.4, -0.2) is 24.5 Å². The van der Waals surface area contributed by atoms with Gasteiger partial charge < -0.3 is 10.6 Å². The van der Waals surface area contributed by atoms with E-state index in [4.69, 9.17) is 0 Å². The average molecular weight is 240 g/mol. The normalized spacial score (nSPS) is 26.5. The van der Waals surface area contributed by atoms with Crippen LogP contribution in [-0.2, 0) is 4.79 Å². The van der Waals surface area contributed by atoms with Crippen molar-refractivity contribution < 1.29 is 4.79 Å². The molecule has 0 aromatic rings. The molecule has 0 aromatic heterocycles. The summed E-state index contributed by atoms with van der Waals surface area (Å²) in [7, 11) is 0. The summed E-state index contributed by atoms with van der Waals surface area (Å²) in [6.45, 7) is 7.54. The second kappa shape index (κ2) is 7.70. The number of amides is 1. The van der Waals surface area contributed by atoms with Gasteiger partial charge in [-0.1, -0.05) is 26.7 Å². The molecule has 0 aliphatic carbocycles. The van der Waals surface area contributed by atoms with Crippen LogP contribution in [0.5, 0.6) is 0 Å². The van der Waals surface area contributed by atoms with Crippen molar-refractivity contribution in [2.24, 2.45) is 5.92 Å². The maximum Gasteiger partial charge on any atom is 0.223 e. The molecule has 1 heterocycles. The van der Waals surface area contributed by atoms with Crippen LogP contribution in [0.4, 0.5) is 0 Å². The highest BCUT2D eigenvalue weighted by atomic mass is 16.1. The summed E-state index contributed by atoms with van der Waals surface area (Å²) in [6.07, 6.45) is 6.61. The molecule has 1 fully saturated rings. The van der Waals surface area contributed by atoms with E-state index in [2.05, 4.69) is 31.4 Å². The number of unbranched alkanes of at least 4 members (excludes halogenated alkanes) is 1. The summed E-state index contributed by atoms with van der Waals surface area (Å²) in [5.74, 6) is 0.477. The van der Waals surface area contributed by atoms with E-state index >= 15 is 0 Å². The van der Waals surface area contributed by atoms with E-state index in [1.165, 1.54) is 12.8 Å². The van der Waals surface area contributed by atoms with E-state index in [1.54, 1.807) is 0 Å². The lowest BCUT2D eigenvalue weighted by Crippen LogP contribution is -2.53. The Morgan fingerprint density at radius 3 is 2.82 bits per heavy atom. The molecule has 3 nitrogen and oxygen atoms in total. The first-order valence-electron chi connectivity index (χ1n) is 7.22. The zero-order valence-electron chi connectivity index (χ0n) is 11.6. The summed E-state index contributed by atoms with van der Waals surface area (Å²) < 4.78 is 0. The largest absolute Gasteiger partial charge is 0.352 e. The predicted octanol–water partition coefficient (Wildman–Crippen LogP) is 2.46. The Labute approximate surface area is 106 Å². The molecule has 1 aliphatic heterocycles. The number of carbonyl (C=O) groups is 1.